The number of hydrogen-bond acceptors (Lipinski definition) is 2. The first kappa shape index (κ1) is 8.72. The van der Waals surface area contributed by atoms with Crippen LogP contribution in [0.15, 0.2) is 30.3 Å². The van der Waals surface area contributed by atoms with Gasteiger partial charge in [-0.1, -0.05) is 36.4 Å². The molecular weight excluding hydrogens is 188 g/mol. The van der Waals surface area contributed by atoms with E-state index >= 15 is 0 Å². The van der Waals surface area contributed by atoms with E-state index in [0.717, 1.165) is 6.42 Å². The van der Waals surface area contributed by atoms with Crippen LogP contribution in [0.25, 0.3) is 6.08 Å². The summed E-state index contributed by atoms with van der Waals surface area (Å²) in [5, 5.41) is 0. The molecule has 0 radical (unpaired) electrons. The lowest BCUT2D eigenvalue weighted by Crippen LogP contribution is -2.18. The zero-order chi connectivity index (χ0) is 10.5. The van der Waals surface area contributed by atoms with Gasteiger partial charge in [-0.2, -0.15) is 0 Å². The van der Waals surface area contributed by atoms with E-state index in [0.29, 0.717) is 5.92 Å². The average molecular weight is 200 g/mol. The lowest BCUT2D eigenvalue weighted by atomic mass is 9.90. The normalized spacial score (nSPS) is 30.3. The third-order valence-corrected chi connectivity index (χ3v) is 3.50. The van der Waals surface area contributed by atoms with E-state index in [9.17, 15) is 4.79 Å². The molecule has 1 aromatic rings. The second kappa shape index (κ2) is 2.72. The Morgan fingerprint density at radius 3 is 3.07 bits per heavy atom. The Morgan fingerprint density at radius 2 is 2.27 bits per heavy atom. The minimum Gasteiger partial charge on any atom is -0.468 e. The zero-order valence-corrected chi connectivity index (χ0v) is 8.57. The molecule has 2 nitrogen and oxygen atoms in total. The zero-order valence-electron chi connectivity index (χ0n) is 8.57. The van der Waals surface area contributed by atoms with Gasteiger partial charge in [0.15, 0.2) is 0 Å². The Kier molecular flexibility index (Phi) is 1.58. The molecule has 2 unspecified atom stereocenters. The van der Waals surface area contributed by atoms with E-state index in [1.807, 2.05) is 24.3 Å². The first-order valence-corrected chi connectivity index (χ1v) is 5.14. The molecule has 0 aromatic heterocycles. The molecule has 0 spiro atoms. The molecule has 0 bridgehead atoms. The van der Waals surface area contributed by atoms with Crippen molar-refractivity contribution in [3.63, 3.8) is 0 Å². The Bertz CT molecular complexity index is 461. The fourth-order valence-corrected chi connectivity index (χ4v) is 2.55. The number of carbonyl (C=O) groups excluding carboxylic acids is 1. The van der Waals surface area contributed by atoms with Crippen LogP contribution in [-0.4, -0.2) is 13.1 Å². The second-order valence-corrected chi connectivity index (χ2v) is 4.25. The predicted octanol–water partition coefficient (Wildman–Crippen LogP) is 2.36. The molecule has 3 rings (SSSR count). The van der Waals surface area contributed by atoms with Crippen LogP contribution < -0.4 is 0 Å². The van der Waals surface area contributed by atoms with Crippen LogP contribution in [0.5, 0.6) is 0 Å². The van der Waals surface area contributed by atoms with Crippen molar-refractivity contribution in [1.29, 1.82) is 0 Å². The molecule has 2 aliphatic carbocycles. The molecular formula is C13H12O2. The molecule has 0 heterocycles. The van der Waals surface area contributed by atoms with Gasteiger partial charge < -0.3 is 4.74 Å². The average Bonchev–Trinajstić information content (AvgIpc) is 3.04. The first-order chi connectivity index (χ1) is 7.28. The Balaban J connectivity index is 2.05. The molecule has 0 N–H and O–H groups in total. The molecule has 2 heteroatoms. The van der Waals surface area contributed by atoms with E-state index < -0.39 is 0 Å². The van der Waals surface area contributed by atoms with Gasteiger partial charge in [0, 0.05) is 5.92 Å². The molecule has 76 valence electrons. The third kappa shape index (κ3) is 1.02. The number of fused-ring (bicyclic) bond motifs is 3. The molecule has 1 fully saturated rings. The Hall–Kier alpha value is -1.57. The Labute approximate surface area is 88.6 Å². The van der Waals surface area contributed by atoms with E-state index in [2.05, 4.69) is 12.1 Å². The number of ether oxygens (including phenoxy) is 1. The number of methoxy groups -OCH3 is 1. The van der Waals surface area contributed by atoms with Crippen LogP contribution >= 0.6 is 0 Å². The summed E-state index contributed by atoms with van der Waals surface area (Å²) >= 11 is 0. The van der Waals surface area contributed by atoms with E-state index in [1.54, 1.807) is 0 Å². The van der Waals surface area contributed by atoms with Crippen LogP contribution in [0.2, 0.25) is 0 Å². The smallest absolute Gasteiger partial charge is 0.316 e. The highest BCUT2D eigenvalue weighted by atomic mass is 16.5. The number of benzene rings is 1. The van der Waals surface area contributed by atoms with Crippen LogP contribution in [-0.2, 0) is 9.53 Å². The highest BCUT2D eigenvalue weighted by molar-refractivity contribution is 5.88. The molecule has 15 heavy (non-hydrogen) atoms. The number of esters is 1. The maximum atomic E-state index is 11.7. The quantitative estimate of drug-likeness (QED) is 0.650. The van der Waals surface area contributed by atoms with Crippen molar-refractivity contribution in [2.75, 3.05) is 7.11 Å². The SMILES string of the molecule is COC(=O)C12C=Cc3ccccc3C1C2. The predicted molar refractivity (Wildman–Crippen MR) is 57.3 cm³/mol. The number of carbonyl (C=O) groups is 1. The van der Waals surface area contributed by atoms with Gasteiger partial charge >= 0.3 is 5.97 Å². The van der Waals surface area contributed by atoms with Gasteiger partial charge in [-0.05, 0) is 17.5 Å². The minimum absolute atomic E-state index is 0.0988. The number of rotatable bonds is 1. The van der Waals surface area contributed by atoms with Gasteiger partial charge in [-0.25, -0.2) is 0 Å². The molecule has 1 aromatic carbocycles. The molecule has 1 saturated carbocycles. The molecule has 2 atom stereocenters. The molecule has 2 aliphatic rings. The summed E-state index contributed by atoms with van der Waals surface area (Å²) in [6.07, 6.45) is 4.94. The van der Waals surface area contributed by atoms with Crippen molar-refractivity contribution in [2.45, 2.75) is 12.3 Å². The van der Waals surface area contributed by atoms with Gasteiger partial charge in [0.25, 0.3) is 0 Å². The maximum absolute atomic E-state index is 11.7. The van der Waals surface area contributed by atoms with E-state index in [4.69, 9.17) is 4.74 Å². The standard InChI is InChI=1S/C13H12O2/c1-15-12(14)13-7-6-9-4-2-3-5-10(9)11(13)8-13/h2-7,11H,8H2,1H3. The third-order valence-electron chi connectivity index (χ3n) is 3.50. The van der Waals surface area contributed by atoms with Crippen molar-refractivity contribution in [3.8, 4) is 0 Å². The topological polar surface area (TPSA) is 26.3 Å². The monoisotopic (exact) mass is 200 g/mol. The lowest BCUT2D eigenvalue weighted by molar-refractivity contribution is -0.145. The van der Waals surface area contributed by atoms with Crippen molar-refractivity contribution in [1.82, 2.24) is 0 Å². The summed E-state index contributed by atoms with van der Waals surface area (Å²) in [5.74, 6) is 0.240. The summed E-state index contributed by atoms with van der Waals surface area (Å²) in [5.41, 5.74) is 2.17. The van der Waals surface area contributed by atoms with Gasteiger partial charge in [-0.3, -0.25) is 4.79 Å². The highest BCUT2D eigenvalue weighted by Gasteiger charge is 2.61. The maximum Gasteiger partial charge on any atom is 0.316 e. The lowest BCUT2D eigenvalue weighted by Gasteiger charge is -2.16. The van der Waals surface area contributed by atoms with Crippen LogP contribution in [0, 0.1) is 5.41 Å². The summed E-state index contributed by atoms with van der Waals surface area (Å²) in [7, 11) is 1.46. The van der Waals surface area contributed by atoms with E-state index in [-0.39, 0.29) is 11.4 Å². The fraction of sp³-hybridized carbons (Fsp3) is 0.308. The van der Waals surface area contributed by atoms with Crippen molar-refractivity contribution >= 4 is 12.0 Å². The molecule has 0 amide bonds. The molecule has 0 saturated heterocycles. The highest BCUT2D eigenvalue weighted by Crippen LogP contribution is 2.63. The van der Waals surface area contributed by atoms with E-state index in [1.165, 1.54) is 18.2 Å². The molecule has 0 aliphatic heterocycles. The summed E-state index contributed by atoms with van der Waals surface area (Å²) < 4.78 is 4.86. The van der Waals surface area contributed by atoms with Gasteiger partial charge in [0.1, 0.15) is 0 Å². The number of hydrogen-bond donors (Lipinski definition) is 0. The van der Waals surface area contributed by atoms with Crippen molar-refractivity contribution in [3.05, 3.63) is 41.5 Å². The fourth-order valence-electron chi connectivity index (χ4n) is 2.55. The first-order valence-electron chi connectivity index (χ1n) is 5.14. The Morgan fingerprint density at radius 1 is 1.47 bits per heavy atom. The second-order valence-electron chi connectivity index (χ2n) is 4.25. The van der Waals surface area contributed by atoms with Gasteiger partial charge in [-0.15, -0.1) is 0 Å². The summed E-state index contributed by atoms with van der Waals surface area (Å²) in [4.78, 5) is 11.7. The largest absolute Gasteiger partial charge is 0.468 e. The van der Waals surface area contributed by atoms with Crippen molar-refractivity contribution < 1.29 is 9.53 Å². The van der Waals surface area contributed by atoms with Crippen molar-refractivity contribution in [2.24, 2.45) is 5.41 Å². The summed E-state index contributed by atoms with van der Waals surface area (Å²) in [6, 6.07) is 8.24. The van der Waals surface area contributed by atoms with Gasteiger partial charge in [0.05, 0.1) is 12.5 Å². The van der Waals surface area contributed by atoms with Crippen LogP contribution in [0.1, 0.15) is 23.5 Å². The van der Waals surface area contributed by atoms with Crippen LogP contribution in [0.4, 0.5) is 0 Å². The minimum atomic E-state index is -0.344. The summed E-state index contributed by atoms with van der Waals surface area (Å²) in [6.45, 7) is 0. The van der Waals surface area contributed by atoms with Gasteiger partial charge in [0.2, 0.25) is 0 Å². The van der Waals surface area contributed by atoms with Crippen LogP contribution in [0.3, 0.4) is 0 Å².